The fourth-order valence-electron chi connectivity index (χ4n) is 10.8. The van der Waals surface area contributed by atoms with Gasteiger partial charge in [0.2, 0.25) is 0 Å². The van der Waals surface area contributed by atoms with Gasteiger partial charge in [-0.15, -0.1) is 0 Å². The molecular formula is C36H49F2NO6. The van der Waals surface area contributed by atoms with Gasteiger partial charge < -0.3 is 25.2 Å². The lowest BCUT2D eigenvalue weighted by Crippen LogP contribution is -2.67. The van der Waals surface area contributed by atoms with Gasteiger partial charge in [0.1, 0.15) is 0 Å². The van der Waals surface area contributed by atoms with Crippen molar-refractivity contribution >= 4 is 5.78 Å². The second kappa shape index (κ2) is 11.6. The zero-order valence-electron chi connectivity index (χ0n) is 26.8. The summed E-state index contributed by atoms with van der Waals surface area (Å²) in [5.41, 5.74) is -2.48. The molecule has 45 heavy (non-hydrogen) atoms. The third-order valence-corrected chi connectivity index (χ3v) is 13.1. The van der Waals surface area contributed by atoms with Gasteiger partial charge in [0, 0.05) is 60.7 Å². The Morgan fingerprint density at radius 1 is 1.07 bits per heavy atom. The number of benzene rings is 1. The van der Waals surface area contributed by atoms with Gasteiger partial charge in [-0.2, -0.15) is 0 Å². The van der Waals surface area contributed by atoms with E-state index in [1.165, 1.54) is 6.07 Å². The number of carbonyl (C=O) groups is 1. The highest BCUT2D eigenvalue weighted by molar-refractivity contribution is 6.10. The maximum atomic E-state index is 14.5. The molecule has 9 unspecified atom stereocenters. The first-order valence-corrected chi connectivity index (χ1v) is 16.6. The maximum Gasteiger partial charge on any atom is 0.189 e. The molecule has 3 fully saturated rings. The van der Waals surface area contributed by atoms with Crippen LogP contribution in [0.15, 0.2) is 42.0 Å². The Bertz CT molecular complexity index is 1380. The summed E-state index contributed by atoms with van der Waals surface area (Å²) in [5, 5.41) is 43.4. The summed E-state index contributed by atoms with van der Waals surface area (Å²) in [7, 11) is 1.64. The van der Waals surface area contributed by atoms with Gasteiger partial charge in [0.15, 0.2) is 17.4 Å². The highest BCUT2D eigenvalue weighted by Crippen LogP contribution is 2.78. The number of hydrogen-bond acceptors (Lipinski definition) is 7. The Morgan fingerprint density at radius 2 is 1.78 bits per heavy atom. The van der Waals surface area contributed by atoms with Gasteiger partial charge in [-0.25, -0.2) is 8.78 Å². The van der Waals surface area contributed by atoms with Crippen LogP contribution in [-0.2, 0) is 4.74 Å². The zero-order chi connectivity index (χ0) is 32.4. The van der Waals surface area contributed by atoms with Crippen molar-refractivity contribution in [3.63, 3.8) is 0 Å². The number of Topliss-reactive ketones (excluding diaryl/α,β-unsaturated/α-hetero) is 1. The van der Waals surface area contributed by atoms with E-state index in [0.29, 0.717) is 57.4 Å². The molecule has 9 atom stereocenters. The smallest absolute Gasteiger partial charge is 0.189 e. The van der Waals surface area contributed by atoms with Crippen molar-refractivity contribution in [2.24, 2.45) is 33.5 Å². The Kier molecular flexibility index (Phi) is 8.48. The third-order valence-electron chi connectivity index (χ3n) is 13.1. The second-order valence-corrected chi connectivity index (χ2v) is 15.2. The number of rotatable bonds is 11. The van der Waals surface area contributed by atoms with E-state index in [1.54, 1.807) is 7.11 Å². The summed E-state index contributed by atoms with van der Waals surface area (Å²) in [6.45, 7) is 5.73. The van der Waals surface area contributed by atoms with E-state index >= 15 is 0 Å². The summed E-state index contributed by atoms with van der Waals surface area (Å²) < 4.78 is 33.7. The number of halogens is 2. The van der Waals surface area contributed by atoms with E-state index in [9.17, 15) is 34.0 Å². The van der Waals surface area contributed by atoms with E-state index in [0.717, 1.165) is 31.4 Å². The molecule has 0 aliphatic heterocycles. The predicted molar refractivity (Wildman–Crippen MR) is 165 cm³/mol. The molecule has 0 radical (unpaired) electrons. The van der Waals surface area contributed by atoms with Crippen LogP contribution in [0.2, 0.25) is 0 Å². The minimum atomic E-state index is -1.13. The van der Waals surface area contributed by atoms with Crippen molar-refractivity contribution in [3.05, 3.63) is 59.2 Å². The molecule has 4 N–H and O–H groups in total. The lowest BCUT2D eigenvalue weighted by Gasteiger charge is -2.71. The maximum absolute atomic E-state index is 14.5. The summed E-state index contributed by atoms with van der Waals surface area (Å²) in [5.74, 6) is -2.42. The summed E-state index contributed by atoms with van der Waals surface area (Å²) in [6.07, 6.45) is 10.5. The number of fused-ring (bicyclic) bond motifs is 1. The Balaban J connectivity index is 1.43. The summed E-state index contributed by atoms with van der Waals surface area (Å²) >= 11 is 0. The summed E-state index contributed by atoms with van der Waals surface area (Å²) in [6, 6.07) is 3.34. The van der Waals surface area contributed by atoms with Crippen LogP contribution in [0, 0.1) is 45.1 Å². The second-order valence-electron chi connectivity index (χ2n) is 15.2. The van der Waals surface area contributed by atoms with Crippen LogP contribution >= 0.6 is 0 Å². The first-order chi connectivity index (χ1) is 21.3. The zero-order valence-corrected chi connectivity index (χ0v) is 26.8. The predicted octanol–water partition coefficient (Wildman–Crippen LogP) is 4.43. The minimum absolute atomic E-state index is 0.0752. The van der Waals surface area contributed by atoms with Crippen LogP contribution in [0.25, 0.3) is 0 Å². The highest BCUT2D eigenvalue weighted by Gasteiger charge is 2.74. The van der Waals surface area contributed by atoms with Crippen LogP contribution in [0.5, 0.6) is 0 Å². The highest BCUT2D eigenvalue weighted by atomic mass is 19.2. The van der Waals surface area contributed by atoms with Gasteiger partial charge >= 0.3 is 0 Å². The number of aliphatic hydroxyl groups excluding tert-OH is 3. The molecule has 0 saturated heterocycles. The SMILES string of the molecule is COCCCN(CC(O)CO)CC1(O)CCC2C34C=CC5(C=C3C(=O)c3ccc(F)c(F)c3)CC(O)CCC5(C)C4CCC21C. The van der Waals surface area contributed by atoms with Crippen molar-refractivity contribution < 1.29 is 38.7 Å². The molecule has 7 rings (SSSR count). The standard InChI is InChI=1S/C36H49F2NO6/c1-32-10-7-24(41)18-34(32)13-14-36(26(19-34)31(43)23-5-6-27(37)28(38)17-23)29(32)8-11-33(2)30(36)9-12-35(33,44)22-39(15-4-16-45-3)20-25(42)21-40/h5-6,13-14,17,19,24-25,29-30,40-42,44H,4,7-12,15-16,18,20-22H2,1-3H3. The van der Waals surface area contributed by atoms with Gasteiger partial charge in [-0.05, 0) is 86.8 Å². The Morgan fingerprint density at radius 3 is 2.49 bits per heavy atom. The first-order valence-electron chi connectivity index (χ1n) is 16.6. The van der Waals surface area contributed by atoms with Gasteiger partial charge in [0.05, 0.1) is 24.4 Å². The number of aliphatic hydroxyl groups is 4. The molecule has 7 nitrogen and oxygen atoms in total. The number of ether oxygens (including phenoxy) is 1. The number of hydrogen-bond donors (Lipinski definition) is 4. The van der Waals surface area contributed by atoms with Crippen LogP contribution in [0.3, 0.4) is 0 Å². The Labute approximate surface area is 265 Å². The van der Waals surface area contributed by atoms with Crippen LogP contribution in [-0.4, -0.2) is 88.9 Å². The minimum Gasteiger partial charge on any atom is -0.394 e. The number of methoxy groups -OCH3 is 1. The molecule has 9 heteroatoms. The van der Waals surface area contributed by atoms with E-state index in [1.807, 2.05) is 4.90 Å². The molecule has 1 aromatic carbocycles. The molecule has 3 saturated carbocycles. The lowest BCUT2D eigenvalue weighted by molar-refractivity contribution is -0.177. The number of carbonyl (C=O) groups excluding carboxylic acids is 1. The average molecular weight is 630 g/mol. The average Bonchev–Trinajstić information content (AvgIpc) is 3.28. The number of nitrogens with zero attached hydrogens (tertiary/aromatic N) is 1. The quantitative estimate of drug-likeness (QED) is 0.163. The molecule has 0 amide bonds. The van der Waals surface area contributed by atoms with Crippen LogP contribution in [0.1, 0.15) is 75.6 Å². The summed E-state index contributed by atoms with van der Waals surface area (Å²) in [4.78, 5) is 16.5. The van der Waals surface area contributed by atoms with E-state index in [2.05, 4.69) is 32.1 Å². The fraction of sp³-hybridized carbons (Fsp3) is 0.694. The van der Waals surface area contributed by atoms with Crippen molar-refractivity contribution in [1.82, 2.24) is 4.90 Å². The molecule has 1 aromatic rings. The molecule has 0 aromatic heterocycles. The monoisotopic (exact) mass is 629 g/mol. The molecule has 248 valence electrons. The van der Waals surface area contributed by atoms with Gasteiger partial charge in [-0.3, -0.25) is 9.69 Å². The van der Waals surface area contributed by atoms with E-state index < -0.39 is 45.7 Å². The number of ketones is 1. The van der Waals surface area contributed by atoms with Gasteiger partial charge in [0.25, 0.3) is 0 Å². The lowest BCUT2D eigenvalue weighted by atomic mass is 9.32. The first kappa shape index (κ1) is 32.9. The molecule has 6 aliphatic rings. The van der Waals surface area contributed by atoms with Crippen molar-refractivity contribution in [2.45, 2.75) is 83.0 Å². The van der Waals surface area contributed by atoms with E-state index in [4.69, 9.17) is 4.74 Å². The molecule has 6 aliphatic carbocycles. The van der Waals surface area contributed by atoms with Crippen molar-refractivity contribution in [1.29, 1.82) is 0 Å². The normalized spacial score (nSPS) is 40.6. The third kappa shape index (κ3) is 4.82. The van der Waals surface area contributed by atoms with Crippen molar-refractivity contribution in [3.8, 4) is 0 Å². The van der Waals surface area contributed by atoms with Crippen molar-refractivity contribution in [2.75, 3.05) is 40.0 Å². The fourth-order valence-corrected chi connectivity index (χ4v) is 10.8. The van der Waals surface area contributed by atoms with Crippen LogP contribution in [0.4, 0.5) is 8.78 Å². The largest absolute Gasteiger partial charge is 0.394 e. The van der Waals surface area contributed by atoms with Gasteiger partial charge in [-0.1, -0.05) is 32.1 Å². The van der Waals surface area contributed by atoms with Crippen LogP contribution < -0.4 is 0 Å². The molecule has 2 spiro atoms. The Hall–Kier alpha value is -2.01. The molecule has 2 bridgehead atoms. The molecular weight excluding hydrogens is 580 g/mol. The number of allylic oxidation sites excluding steroid dienone is 4. The van der Waals surface area contributed by atoms with E-state index in [-0.39, 0.29) is 41.7 Å². The topological polar surface area (TPSA) is 110 Å². The molecule has 0 heterocycles.